The van der Waals surface area contributed by atoms with Crippen molar-refractivity contribution in [3.05, 3.63) is 34.6 Å². The summed E-state index contributed by atoms with van der Waals surface area (Å²) < 4.78 is 40.7. The molecule has 2 heterocycles. The van der Waals surface area contributed by atoms with Crippen molar-refractivity contribution in [3.63, 3.8) is 0 Å². The molecule has 2 amide bonds. The number of piperidine rings is 1. The molecule has 4 rings (SSSR count). The van der Waals surface area contributed by atoms with Crippen LogP contribution in [0.4, 0.5) is 18.0 Å². The molecule has 192 valence electrons. The summed E-state index contributed by atoms with van der Waals surface area (Å²) in [5.74, 6) is -5.85. The predicted molar refractivity (Wildman–Crippen MR) is 122 cm³/mol. The highest BCUT2D eigenvalue weighted by Crippen LogP contribution is 2.44. The summed E-state index contributed by atoms with van der Waals surface area (Å²) >= 11 is 5.84. The molecule has 7 nitrogen and oxygen atoms in total. The van der Waals surface area contributed by atoms with Crippen LogP contribution in [0.5, 0.6) is 0 Å². The van der Waals surface area contributed by atoms with E-state index in [4.69, 9.17) is 11.6 Å². The third kappa shape index (κ3) is 4.62. The van der Waals surface area contributed by atoms with Crippen LogP contribution >= 0.6 is 11.6 Å². The first-order valence-corrected chi connectivity index (χ1v) is 12.2. The van der Waals surface area contributed by atoms with E-state index in [0.29, 0.717) is 18.4 Å². The van der Waals surface area contributed by atoms with Gasteiger partial charge in [0.25, 0.3) is 0 Å². The van der Waals surface area contributed by atoms with Crippen molar-refractivity contribution in [2.24, 2.45) is 11.8 Å². The second kappa shape index (κ2) is 9.61. The van der Waals surface area contributed by atoms with Crippen LogP contribution in [0.25, 0.3) is 0 Å². The molecule has 35 heavy (non-hydrogen) atoms. The Labute approximate surface area is 206 Å². The number of nitrogens with zero attached hydrogens (tertiary/aromatic N) is 2. The van der Waals surface area contributed by atoms with Crippen molar-refractivity contribution < 1.29 is 32.7 Å². The van der Waals surface area contributed by atoms with E-state index >= 15 is 0 Å². The molecule has 3 aliphatic rings. The standard InChI is InChI=1S/C24H29ClF3N3O4/c1-2-31(22(34)35)24(13-29-12-17(24)15-3-4-18(25)19(26)9-15)20(32)14-5-7-30(8-6-14)21(33)16-10-23(27,28)11-16/h3-4,9,14,16-17,29H,2,5-8,10-13H2,1H3,(H,34,35)/t17-,24+/m0/s1. The summed E-state index contributed by atoms with van der Waals surface area (Å²) in [6, 6.07) is 4.24. The maximum atomic E-state index is 14.3. The molecule has 1 saturated carbocycles. The number of benzene rings is 1. The summed E-state index contributed by atoms with van der Waals surface area (Å²) in [5.41, 5.74) is -0.975. The number of hydrogen-bond acceptors (Lipinski definition) is 4. The Balaban J connectivity index is 1.57. The zero-order valence-corrected chi connectivity index (χ0v) is 20.2. The number of amides is 2. The highest BCUT2D eigenvalue weighted by molar-refractivity contribution is 6.30. The predicted octanol–water partition coefficient (Wildman–Crippen LogP) is 3.76. The van der Waals surface area contributed by atoms with Gasteiger partial charge in [-0.1, -0.05) is 17.7 Å². The minimum absolute atomic E-state index is 0.0581. The molecule has 0 unspecified atom stereocenters. The second-order valence-electron chi connectivity index (χ2n) is 9.73. The molecule has 1 aliphatic carbocycles. The highest BCUT2D eigenvalue weighted by Gasteiger charge is 2.57. The lowest BCUT2D eigenvalue weighted by Crippen LogP contribution is -2.63. The van der Waals surface area contributed by atoms with Crippen molar-refractivity contribution in [1.29, 1.82) is 0 Å². The Morgan fingerprint density at radius 2 is 1.86 bits per heavy atom. The Hall–Kier alpha value is -2.33. The van der Waals surface area contributed by atoms with E-state index in [2.05, 4.69) is 5.32 Å². The van der Waals surface area contributed by atoms with Gasteiger partial charge in [-0.25, -0.2) is 18.0 Å². The fraction of sp³-hybridized carbons (Fsp3) is 0.625. The van der Waals surface area contributed by atoms with Crippen LogP contribution in [0.2, 0.25) is 5.02 Å². The molecule has 2 saturated heterocycles. The number of halogens is 4. The maximum Gasteiger partial charge on any atom is 0.408 e. The number of ketones is 1. The van der Waals surface area contributed by atoms with Gasteiger partial charge in [-0.15, -0.1) is 0 Å². The monoisotopic (exact) mass is 515 g/mol. The fourth-order valence-corrected chi connectivity index (χ4v) is 6.01. The third-order valence-electron chi connectivity index (χ3n) is 7.74. The first-order chi connectivity index (χ1) is 16.5. The first-order valence-electron chi connectivity index (χ1n) is 11.9. The molecule has 0 bridgehead atoms. The maximum absolute atomic E-state index is 14.3. The second-order valence-corrected chi connectivity index (χ2v) is 10.1. The fourth-order valence-electron chi connectivity index (χ4n) is 5.89. The largest absolute Gasteiger partial charge is 0.465 e. The normalized spacial score (nSPS) is 26.9. The third-order valence-corrected chi connectivity index (χ3v) is 8.04. The van der Waals surface area contributed by atoms with Gasteiger partial charge in [0.1, 0.15) is 11.4 Å². The number of carbonyl (C=O) groups is 3. The average molecular weight is 516 g/mol. The van der Waals surface area contributed by atoms with Gasteiger partial charge in [0, 0.05) is 63.3 Å². The molecule has 1 aromatic rings. The lowest BCUT2D eigenvalue weighted by molar-refractivity contribution is -0.161. The quantitative estimate of drug-likeness (QED) is 0.602. The van der Waals surface area contributed by atoms with E-state index in [1.54, 1.807) is 13.0 Å². The van der Waals surface area contributed by atoms with E-state index in [-0.39, 0.29) is 49.4 Å². The van der Waals surface area contributed by atoms with Gasteiger partial charge in [-0.2, -0.15) is 0 Å². The first kappa shape index (κ1) is 25.8. The number of likely N-dealkylation sites (N-methyl/N-ethyl adjacent to an activating group) is 1. The average Bonchev–Trinajstić information content (AvgIpc) is 3.24. The van der Waals surface area contributed by atoms with Crippen LogP contribution in [0, 0.1) is 17.7 Å². The van der Waals surface area contributed by atoms with Gasteiger partial charge in [0.15, 0.2) is 5.78 Å². The minimum Gasteiger partial charge on any atom is -0.465 e. The molecule has 2 N–H and O–H groups in total. The van der Waals surface area contributed by atoms with Gasteiger partial charge >= 0.3 is 6.09 Å². The lowest BCUT2D eigenvalue weighted by atomic mass is 9.71. The van der Waals surface area contributed by atoms with E-state index in [1.807, 2.05) is 0 Å². The highest BCUT2D eigenvalue weighted by atomic mass is 35.5. The van der Waals surface area contributed by atoms with Gasteiger partial charge < -0.3 is 15.3 Å². The number of Topliss-reactive ketones (excluding diaryl/α,β-unsaturated/α-hetero) is 1. The Morgan fingerprint density at radius 1 is 1.20 bits per heavy atom. The van der Waals surface area contributed by atoms with Crippen molar-refractivity contribution in [1.82, 2.24) is 15.1 Å². The number of likely N-dealkylation sites (tertiary alicyclic amines) is 1. The van der Waals surface area contributed by atoms with Crippen LogP contribution < -0.4 is 5.32 Å². The topological polar surface area (TPSA) is 90.0 Å². The van der Waals surface area contributed by atoms with Crippen LogP contribution in [-0.2, 0) is 9.59 Å². The summed E-state index contributed by atoms with van der Waals surface area (Å²) in [5, 5.41) is 13.1. The molecule has 3 fully saturated rings. The Bertz CT molecular complexity index is 1010. The molecule has 2 aliphatic heterocycles. The van der Waals surface area contributed by atoms with Gasteiger partial charge in [0.05, 0.1) is 5.02 Å². The van der Waals surface area contributed by atoms with Crippen LogP contribution in [0.1, 0.15) is 44.1 Å². The molecule has 0 aromatic heterocycles. The van der Waals surface area contributed by atoms with Crippen LogP contribution in [0.15, 0.2) is 18.2 Å². The SMILES string of the molecule is CCN(C(=O)O)[C@]1(C(=O)C2CCN(C(=O)C3CC(F)(F)C3)CC2)CNC[C@H]1c1ccc(Cl)c(F)c1. The number of carboxylic acid groups (broad SMARTS) is 1. The van der Waals surface area contributed by atoms with E-state index < -0.39 is 54.0 Å². The molecule has 0 radical (unpaired) electrons. The molecular weight excluding hydrogens is 487 g/mol. The number of carbonyl (C=O) groups excluding carboxylic acids is 2. The zero-order valence-electron chi connectivity index (χ0n) is 19.4. The smallest absolute Gasteiger partial charge is 0.408 e. The summed E-state index contributed by atoms with van der Waals surface area (Å²) in [6.45, 7) is 2.57. The van der Waals surface area contributed by atoms with Gasteiger partial charge in [-0.3, -0.25) is 14.5 Å². The summed E-state index contributed by atoms with van der Waals surface area (Å²) in [4.78, 5) is 41.5. The molecule has 2 atom stereocenters. The lowest BCUT2D eigenvalue weighted by Gasteiger charge is -2.45. The van der Waals surface area contributed by atoms with Gasteiger partial charge in [-0.05, 0) is 37.5 Å². The van der Waals surface area contributed by atoms with E-state index in [9.17, 15) is 32.7 Å². The molecular formula is C24H29ClF3N3O4. The van der Waals surface area contributed by atoms with Gasteiger partial charge in [0.2, 0.25) is 11.8 Å². The van der Waals surface area contributed by atoms with Crippen molar-refractivity contribution in [3.8, 4) is 0 Å². The van der Waals surface area contributed by atoms with Crippen molar-refractivity contribution >= 4 is 29.4 Å². The number of rotatable bonds is 6. The molecule has 0 spiro atoms. The van der Waals surface area contributed by atoms with Crippen molar-refractivity contribution in [2.45, 2.75) is 50.0 Å². The van der Waals surface area contributed by atoms with E-state index in [0.717, 1.165) is 4.90 Å². The Morgan fingerprint density at radius 3 is 2.40 bits per heavy atom. The van der Waals surface area contributed by atoms with Crippen molar-refractivity contribution in [2.75, 3.05) is 32.7 Å². The van der Waals surface area contributed by atoms with Crippen LogP contribution in [-0.4, -0.2) is 76.9 Å². The number of alkyl halides is 2. The number of hydrogen-bond donors (Lipinski definition) is 2. The summed E-state index contributed by atoms with van der Waals surface area (Å²) in [7, 11) is 0. The molecule has 11 heteroatoms. The minimum atomic E-state index is -2.78. The Kier molecular flexibility index (Phi) is 7.07. The molecule has 1 aromatic carbocycles. The summed E-state index contributed by atoms with van der Waals surface area (Å²) in [6.07, 6.45) is -1.50. The van der Waals surface area contributed by atoms with Crippen LogP contribution in [0.3, 0.4) is 0 Å². The van der Waals surface area contributed by atoms with E-state index in [1.165, 1.54) is 17.0 Å². The number of nitrogens with one attached hydrogen (secondary N) is 1. The zero-order chi connectivity index (χ0) is 25.5.